The van der Waals surface area contributed by atoms with Crippen LogP contribution in [-0.2, 0) is 6.18 Å². The number of hydrogen-bond acceptors (Lipinski definition) is 3. The van der Waals surface area contributed by atoms with Crippen LogP contribution >= 0.6 is 0 Å². The van der Waals surface area contributed by atoms with Gasteiger partial charge in [0.15, 0.2) is 0 Å². The van der Waals surface area contributed by atoms with Gasteiger partial charge in [-0.1, -0.05) is 0 Å². The molecule has 2 N–H and O–H groups in total. The summed E-state index contributed by atoms with van der Waals surface area (Å²) < 4.78 is 38.8. The van der Waals surface area contributed by atoms with Crippen molar-refractivity contribution in [2.45, 2.75) is 49.9 Å². The Morgan fingerprint density at radius 3 is 2.80 bits per heavy atom. The second kappa shape index (κ2) is 4.91. The van der Waals surface area contributed by atoms with Gasteiger partial charge in [-0.15, -0.1) is 0 Å². The highest BCUT2D eigenvalue weighted by atomic mass is 19.4. The zero-order valence-electron chi connectivity index (χ0n) is 11.1. The molecule has 20 heavy (non-hydrogen) atoms. The first-order chi connectivity index (χ1) is 9.49. The number of pyridine rings is 1. The standard InChI is InChI=1S/C14H18F3N3/c15-14(16,17)11-3-1-7-18-12(11)20-10-4-8-19-13(9-10)5-2-6-13/h1,3,7,10,19H,2,4-6,8-9H2,(H,18,20). The van der Waals surface area contributed by atoms with Gasteiger partial charge in [0.05, 0.1) is 5.56 Å². The molecule has 1 saturated heterocycles. The molecule has 2 heterocycles. The third-order valence-electron chi connectivity index (χ3n) is 4.39. The Bertz CT molecular complexity index is 483. The first kappa shape index (κ1) is 13.7. The molecule has 1 aromatic heterocycles. The molecule has 0 radical (unpaired) electrons. The second-order valence-electron chi connectivity index (χ2n) is 5.79. The second-order valence-corrected chi connectivity index (χ2v) is 5.79. The molecule has 1 atom stereocenters. The summed E-state index contributed by atoms with van der Waals surface area (Å²) in [7, 11) is 0. The highest BCUT2D eigenvalue weighted by Gasteiger charge is 2.41. The predicted molar refractivity (Wildman–Crippen MR) is 70.5 cm³/mol. The molecule has 3 nitrogen and oxygen atoms in total. The van der Waals surface area contributed by atoms with E-state index in [0.717, 1.165) is 38.3 Å². The Morgan fingerprint density at radius 1 is 1.35 bits per heavy atom. The summed E-state index contributed by atoms with van der Waals surface area (Å²) in [5.41, 5.74) is -0.524. The maximum absolute atomic E-state index is 12.9. The molecule has 110 valence electrons. The average molecular weight is 285 g/mol. The van der Waals surface area contributed by atoms with Crippen molar-refractivity contribution < 1.29 is 13.2 Å². The minimum atomic E-state index is -4.36. The smallest absolute Gasteiger partial charge is 0.367 e. The van der Waals surface area contributed by atoms with Crippen LogP contribution in [0.1, 0.15) is 37.7 Å². The van der Waals surface area contributed by atoms with Crippen LogP contribution in [-0.4, -0.2) is 23.1 Å². The Labute approximate surface area is 116 Å². The van der Waals surface area contributed by atoms with Gasteiger partial charge in [-0.25, -0.2) is 4.98 Å². The zero-order chi connectivity index (χ0) is 14.2. The molecule has 2 aliphatic rings. The van der Waals surface area contributed by atoms with Gasteiger partial charge in [0.2, 0.25) is 0 Å². The Morgan fingerprint density at radius 2 is 2.15 bits per heavy atom. The minimum Gasteiger partial charge on any atom is -0.367 e. The van der Waals surface area contributed by atoms with Crippen molar-refractivity contribution in [1.29, 1.82) is 0 Å². The van der Waals surface area contributed by atoms with E-state index in [1.165, 1.54) is 18.7 Å². The van der Waals surface area contributed by atoms with E-state index in [9.17, 15) is 13.2 Å². The average Bonchev–Trinajstić information content (AvgIpc) is 2.37. The third-order valence-corrected chi connectivity index (χ3v) is 4.39. The van der Waals surface area contributed by atoms with E-state index in [1.807, 2.05) is 0 Å². The maximum Gasteiger partial charge on any atom is 0.419 e. The lowest BCUT2D eigenvalue weighted by molar-refractivity contribution is -0.137. The molecule has 2 fully saturated rings. The lowest BCUT2D eigenvalue weighted by Crippen LogP contribution is -2.58. The van der Waals surface area contributed by atoms with Gasteiger partial charge in [-0.2, -0.15) is 13.2 Å². The van der Waals surface area contributed by atoms with Crippen LogP contribution in [0.3, 0.4) is 0 Å². The molecular formula is C14H18F3N3. The van der Waals surface area contributed by atoms with E-state index in [-0.39, 0.29) is 17.4 Å². The fourth-order valence-electron chi connectivity index (χ4n) is 3.21. The van der Waals surface area contributed by atoms with Crippen LogP contribution in [0.25, 0.3) is 0 Å². The van der Waals surface area contributed by atoms with E-state index in [0.29, 0.717) is 0 Å². The maximum atomic E-state index is 12.9. The van der Waals surface area contributed by atoms with Crippen LogP contribution < -0.4 is 10.6 Å². The van der Waals surface area contributed by atoms with Gasteiger partial charge in [0.25, 0.3) is 0 Å². The van der Waals surface area contributed by atoms with E-state index in [2.05, 4.69) is 15.6 Å². The normalized spacial score (nSPS) is 25.2. The zero-order valence-corrected chi connectivity index (χ0v) is 11.1. The number of rotatable bonds is 2. The number of alkyl halides is 3. The fraction of sp³-hybridized carbons (Fsp3) is 0.643. The summed E-state index contributed by atoms with van der Waals surface area (Å²) in [6, 6.07) is 2.46. The van der Waals surface area contributed by atoms with E-state index in [4.69, 9.17) is 0 Å². The minimum absolute atomic E-state index is 0.0404. The molecule has 0 amide bonds. The molecule has 1 saturated carbocycles. The van der Waals surface area contributed by atoms with Gasteiger partial charge in [-0.3, -0.25) is 0 Å². The molecule has 6 heteroatoms. The number of nitrogens with one attached hydrogen (secondary N) is 2. The van der Waals surface area contributed by atoms with Gasteiger partial charge in [0, 0.05) is 17.8 Å². The fourth-order valence-corrected chi connectivity index (χ4v) is 3.21. The highest BCUT2D eigenvalue weighted by molar-refractivity contribution is 5.46. The topological polar surface area (TPSA) is 37.0 Å². The van der Waals surface area contributed by atoms with Crippen molar-refractivity contribution >= 4 is 5.82 Å². The Kier molecular flexibility index (Phi) is 3.36. The number of aromatic nitrogens is 1. The predicted octanol–water partition coefficient (Wildman–Crippen LogP) is 3.19. The van der Waals surface area contributed by atoms with Crippen LogP contribution in [0.2, 0.25) is 0 Å². The highest BCUT2D eigenvalue weighted by Crippen LogP contribution is 2.40. The van der Waals surface area contributed by atoms with E-state index >= 15 is 0 Å². The molecule has 0 bridgehead atoms. The lowest BCUT2D eigenvalue weighted by atomic mass is 9.70. The molecule has 1 aliphatic carbocycles. The summed E-state index contributed by atoms with van der Waals surface area (Å²) in [6.45, 7) is 0.853. The van der Waals surface area contributed by atoms with Crippen molar-refractivity contribution in [3.05, 3.63) is 23.9 Å². The number of anilines is 1. The first-order valence-corrected chi connectivity index (χ1v) is 7.02. The number of nitrogens with zero attached hydrogens (tertiary/aromatic N) is 1. The molecule has 1 unspecified atom stereocenters. The molecule has 1 spiro atoms. The summed E-state index contributed by atoms with van der Waals surface area (Å²) in [5.74, 6) is -0.0404. The quantitative estimate of drug-likeness (QED) is 0.876. The van der Waals surface area contributed by atoms with E-state index < -0.39 is 11.7 Å². The van der Waals surface area contributed by atoms with Crippen molar-refractivity contribution in [3.63, 3.8) is 0 Å². The van der Waals surface area contributed by atoms with Crippen molar-refractivity contribution in [2.75, 3.05) is 11.9 Å². The Balaban J connectivity index is 1.74. The number of hydrogen-bond donors (Lipinski definition) is 2. The van der Waals surface area contributed by atoms with E-state index in [1.54, 1.807) is 0 Å². The summed E-state index contributed by atoms with van der Waals surface area (Å²) in [4.78, 5) is 3.88. The van der Waals surface area contributed by atoms with Crippen molar-refractivity contribution in [2.24, 2.45) is 0 Å². The summed E-state index contributed by atoms with van der Waals surface area (Å²) in [5, 5.41) is 6.52. The Hall–Kier alpha value is -1.30. The molecular weight excluding hydrogens is 267 g/mol. The number of halogens is 3. The van der Waals surface area contributed by atoms with Crippen molar-refractivity contribution in [3.8, 4) is 0 Å². The molecule has 3 rings (SSSR count). The van der Waals surface area contributed by atoms with Crippen LogP contribution in [0.15, 0.2) is 18.3 Å². The van der Waals surface area contributed by atoms with Crippen molar-refractivity contribution in [1.82, 2.24) is 10.3 Å². The monoisotopic (exact) mass is 285 g/mol. The molecule has 1 aliphatic heterocycles. The van der Waals surface area contributed by atoms with Gasteiger partial charge >= 0.3 is 6.18 Å². The van der Waals surface area contributed by atoms with Gasteiger partial charge < -0.3 is 10.6 Å². The third kappa shape index (κ3) is 2.61. The largest absolute Gasteiger partial charge is 0.419 e. The molecule has 0 aromatic carbocycles. The molecule has 1 aromatic rings. The first-order valence-electron chi connectivity index (χ1n) is 7.02. The summed E-state index contributed by atoms with van der Waals surface area (Å²) >= 11 is 0. The van der Waals surface area contributed by atoms with Crippen LogP contribution in [0.5, 0.6) is 0 Å². The van der Waals surface area contributed by atoms with Crippen LogP contribution in [0, 0.1) is 0 Å². The van der Waals surface area contributed by atoms with Gasteiger partial charge in [-0.05, 0) is 50.8 Å². The van der Waals surface area contributed by atoms with Gasteiger partial charge in [0.1, 0.15) is 5.82 Å². The SMILES string of the molecule is FC(F)(F)c1cccnc1NC1CCNC2(CCC2)C1. The van der Waals surface area contributed by atoms with Crippen LogP contribution in [0.4, 0.5) is 19.0 Å². The number of piperidine rings is 1. The summed E-state index contributed by atoms with van der Waals surface area (Å²) in [6.07, 6.45) is 2.20. The lowest BCUT2D eigenvalue weighted by Gasteiger charge is -2.48.